The van der Waals surface area contributed by atoms with Gasteiger partial charge in [-0.15, -0.1) is 0 Å². The van der Waals surface area contributed by atoms with Crippen molar-refractivity contribution in [1.29, 1.82) is 0 Å². The number of hydrogen-bond acceptors (Lipinski definition) is 6. The van der Waals surface area contributed by atoms with Crippen molar-refractivity contribution in [2.75, 3.05) is 18.4 Å². The lowest BCUT2D eigenvalue weighted by Crippen LogP contribution is -2.47. The summed E-state index contributed by atoms with van der Waals surface area (Å²) in [6.45, 7) is 3.59. The van der Waals surface area contributed by atoms with Crippen LogP contribution in [0.3, 0.4) is 0 Å². The van der Waals surface area contributed by atoms with Gasteiger partial charge in [0.05, 0.1) is 0 Å². The smallest absolute Gasteiger partial charge is 0.276 e. The molecule has 3 heterocycles. The van der Waals surface area contributed by atoms with Crippen molar-refractivity contribution in [2.24, 2.45) is 5.41 Å². The van der Waals surface area contributed by atoms with Crippen LogP contribution in [0.4, 0.5) is 5.82 Å². The predicted molar refractivity (Wildman–Crippen MR) is 87.5 cm³/mol. The van der Waals surface area contributed by atoms with Crippen LogP contribution >= 0.6 is 0 Å². The van der Waals surface area contributed by atoms with E-state index in [-0.39, 0.29) is 11.3 Å². The van der Waals surface area contributed by atoms with E-state index >= 15 is 0 Å². The number of aryl methyl sites for hydroxylation is 1. The molecular weight excluding hydrogens is 306 g/mol. The molecule has 2 aliphatic rings. The van der Waals surface area contributed by atoms with Crippen molar-refractivity contribution in [3.05, 3.63) is 36.1 Å². The average molecular weight is 327 g/mol. The van der Waals surface area contributed by atoms with Gasteiger partial charge in [-0.1, -0.05) is 12.1 Å². The van der Waals surface area contributed by atoms with Crippen LogP contribution in [0.15, 0.2) is 29.2 Å². The minimum atomic E-state index is -0.0115. The van der Waals surface area contributed by atoms with Gasteiger partial charge in [0.25, 0.3) is 5.91 Å². The number of carbonyl (C=O) groups excluding carboxylic acids is 1. The molecule has 1 spiro atoms. The lowest BCUT2D eigenvalue weighted by atomic mass is 9.65. The number of carbonyl (C=O) groups is 1. The molecule has 0 bridgehead atoms. The molecule has 1 aliphatic heterocycles. The van der Waals surface area contributed by atoms with Crippen LogP contribution in [0, 0.1) is 5.41 Å². The molecule has 2 aromatic rings. The fourth-order valence-electron chi connectivity index (χ4n) is 3.86. The van der Waals surface area contributed by atoms with Gasteiger partial charge in [0.15, 0.2) is 5.69 Å². The predicted octanol–water partition coefficient (Wildman–Crippen LogP) is 2.13. The van der Waals surface area contributed by atoms with Gasteiger partial charge in [-0.25, -0.2) is 9.97 Å². The number of rotatable bonds is 4. The molecule has 1 N–H and O–H groups in total. The van der Waals surface area contributed by atoms with Gasteiger partial charge in [-0.3, -0.25) is 4.79 Å². The van der Waals surface area contributed by atoms with E-state index in [0.717, 1.165) is 50.4 Å². The lowest BCUT2D eigenvalue weighted by Gasteiger charge is -2.45. The summed E-state index contributed by atoms with van der Waals surface area (Å²) in [4.78, 5) is 22.6. The van der Waals surface area contributed by atoms with Gasteiger partial charge in [0, 0.05) is 37.8 Å². The second-order valence-corrected chi connectivity index (χ2v) is 6.85. The molecular formula is C17H21N5O2. The minimum absolute atomic E-state index is 0.0115. The Morgan fingerprint density at radius 2 is 2.38 bits per heavy atom. The van der Waals surface area contributed by atoms with Crippen molar-refractivity contribution in [3.8, 4) is 0 Å². The number of hydrogen-bond donors (Lipinski definition) is 1. The van der Waals surface area contributed by atoms with E-state index in [4.69, 9.17) is 4.52 Å². The maximum absolute atomic E-state index is 12.5. The molecule has 1 saturated carbocycles. The maximum atomic E-state index is 12.5. The Morgan fingerprint density at radius 3 is 3.08 bits per heavy atom. The van der Waals surface area contributed by atoms with Gasteiger partial charge in [-0.05, 0) is 30.7 Å². The molecule has 0 atom stereocenters. The third-order valence-corrected chi connectivity index (χ3v) is 5.14. The highest BCUT2D eigenvalue weighted by molar-refractivity contribution is 5.92. The van der Waals surface area contributed by atoms with E-state index in [2.05, 4.69) is 20.4 Å². The molecule has 7 nitrogen and oxygen atoms in total. The second kappa shape index (κ2) is 5.89. The number of anilines is 1. The molecule has 0 radical (unpaired) electrons. The molecule has 2 fully saturated rings. The third kappa shape index (κ3) is 2.74. The van der Waals surface area contributed by atoms with Gasteiger partial charge in [0.2, 0.25) is 0 Å². The normalized spacial score (nSPS) is 25.7. The maximum Gasteiger partial charge on any atom is 0.276 e. The Balaban J connectivity index is 1.33. The quantitative estimate of drug-likeness (QED) is 0.926. The standard InChI is InChI=1S/C17H21N5O2/c1-2-13-7-14(21-24-13)16(23)22-6-4-17(10-22)8-12(9-17)20-15-3-5-18-11-19-15/h3,5,7,11-12H,2,4,6,8-10H2,1H3,(H,18,19,20). The largest absolute Gasteiger partial charge is 0.367 e. The van der Waals surface area contributed by atoms with Gasteiger partial charge >= 0.3 is 0 Å². The molecule has 2 aromatic heterocycles. The lowest BCUT2D eigenvalue weighted by molar-refractivity contribution is 0.0706. The van der Waals surface area contributed by atoms with Gasteiger partial charge < -0.3 is 14.7 Å². The Hall–Kier alpha value is -2.44. The van der Waals surface area contributed by atoms with Crippen LogP contribution in [0.25, 0.3) is 0 Å². The summed E-state index contributed by atoms with van der Waals surface area (Å²) in [5.74, 6) is 1.61. The highest BCUT2D eigenvalue weighted by Gasteiger charge is 2.49. The fraction of sp³-hybridized carbons (Fsp3) is 0.529. The van der Waals surface area contributed by atoms with Crippen molar-refractivity contribution < 1.29 is 9.32 Å². The van der Waals surface area contributed by atoms with E-state index in [9.17, 15) is 4.79 Å². The Morgan fingerprint density at radius 1 is 1.50 bits per heavy atom. The summed E-state index contributed by atoms with van der Waals surface area (Å²) in [5, 5.41) is 7.34. The second-order valence-electron chi connectivity index (χ2n) is 6.85. The van der Waals surface area contributed by atoms with Gasteiger partial charge in [-0.2, -0.15) is 0 Å². The fourth-order valence-corrected chi connectivity index (χ4v) is 3.86. The van der Waals surface area contributed by atoms with Crippen molar-refractivity contribution in [2.45, 2.75) is 38.6 Å². The topological polar surface area (TPSA) is 84.2 Å². The molecule has 1 aliphatic carbocycles. The van der Waals surface area contributed by atoms with Crippen molar-refractivity contribution in [3.63, 3.8) is 0 Å². The highest BCUT2D eigenvalue weighted by Crippen LogP contribution is 2.49. The average Bonchev–Trinajstić information content (AvgIpc) is 3.22. The van der Waals surface area contributed by atoms with Crippen LogP contribution in [-0.2, 0) is 6.42 Å². The molecule has 0 unspecified atom stereocenters. The molecule has 1 saturated heterocycles. The van der Waals surface area contributed by atoms with Crippen LogP contribution in [0.5, 0.6) is 0 Å². The van der Waals surface area contributed by atoms with Gasteiger partial charge in [0.1, 0.15) is 17.9 Å². The molecule has 0 aromatic carbocycles. The van der Waals surface area contributed by atoms with Crippen LogP contribution in [-0.4, -0.2) is 45.1 Å². The van der Waals surface area contributed by atoms with Crippen LogP contribution in [0.2, 0.25) is 0 Å². The first-order valence-corrected chi connectivity index (χ1v) is 8.45. The van der Waals surface area contributed by atoms with Crippen molar-refractivity contribution >= 4 is 11.7 Å². The third-order valence-electron chi connectivity index (χ3n) is 5.14. The number of nitrogens with one attached hydrogen (secondary N) is 1. The molecule has 126 valence electrons. The first kappa shape index (κ1) is 15.1. The van der Waals surface area contributed by atoms with Crippen LogP contribution in [0.1, 0.15) is 42.4 Å². The van der Waals surface area contributed by atoms with E-state index in [1.54, 1.807) is 18.6 Å². The summed E-state index contributed by atoms with van der Waals surface area (Å²) in [5.41, 5.74) is 0.677. The minimum Gasteiger partial charge on any atom is -0.367 e. The van der Waals surface area contributed by atoms with E-state index < -0.39 is 0 Å². The number of amides is 1. The number of aromatic nitrogens is 3. The summed E-state index contributed by atoms with van der Waals surface area (Å²) in [7, 11) is 0. The van der Waals surface area contributed by atoms with E-state index in [0.29, 0.717) is 11.7 Å². The summed E-state index contributed by atoms with van der Waals surface area (Å²) < 4.78 is 5.15. The number of nitrogens with zero attached hydrogens (tertiary/aromatic N) is 4. The Labute approximate surface area is 140 Å². The van der Waals surface area contributed by atoms with Crippen LogP contribution < -0.4 is 5.32 Å². The Kier molecular flexibility index (Phi) is 3.70. The number of likely N-dealkylation sites (tertiary alicyclic amines) is 1. The zero-order valence-electron chi connectivity index (χ0n) is 13.7. The summed E-state index contributed by atoms with van der Waals surface area (Å²) in [6.07, 6.45) is 7.23. The first-order chi connectivity index (χ1) is 11.7. The van der Waals surface area contributed by atoms with Crippen molar-refractivity contribution in [1.82, 2.24) is 20.0 Å². The Bertz CT molecular complexity index is 724. The molecule has 7 heteroatoms. The van der Waals surface area contributed by atoms with E-state index in [1.165, 1.54) is 0 Å². The monoisotopic (exact) mass is 327 g/mol. The molecule has 1 amide bonds. The zero-order chi connectivity index (χ0) is 16.6. The first-order valence-electron chi connectivity index (χ1n) is 8.45. The molecule has 4 rings (SSSR count). The SMILES string of the molecule is CCc1cc(C(=O)N2CCC3(CC(Nc4ccncn4)C3)C2)no1. The van der Waals surface area contributed by atoms with E-state index in [1.807, 2.05) is 17.9 Å². The summed E-state index contributed by atoms with van der Waals surface area (Å²) >= 11 is 0. The summed E-state index contributed by atoms with van der Waals surface area (Å²) in [6, 6.07) is 4.06. The molecule has 24 heavy (non-hydrogen) atoms. The highest BCUT2D eigenvalue weighted by atomic mass is 16.5. The zero-order valence-corrected chi connectivity index (χ0v) is 13.7.